The van der Waals surface area contributed by atoms with Crippen LogP contribution in [0.15, 0.2) is 36.4 Å². The van der Waals surface area contributed by atoms with Crippen molar-refractivity contribution in [1.82, 2.24) is 10.6 Å². The molecule has 1 unspecified atom stereocenters. The van der Waals surface area contributed by atoms with Crippen LogP contribution >= 0.6 is 34.8 Å². The van der Waals surface area contributed by atoms with Crippen molar-refractivity contribution in [3.8, 4) is 0 Å². The van der Waals surface area contributed by atoms with Gasteiger partial charge in [-0.3, -0.25) is 4.79 Å². The third-order valence-corrected chi connectivity index (χ3v) is 5.81. The molecule has 0 saturated heterocycles. The van der Waals surface area contributed by atoms with Crippen LogP contribution in [-0.2, 0) is 0 Å². The number of aryl methyl sites for hydroxylation is 1. The molecular weight excluding hydrogens is 545 g/mol. The van der Waals surface area contributed by atoms with E-state index in [1.54, 1.807) is 5.32 Å². The van der Waals surface area contributed by atoms with Crippen molar-refractivity contribution in [3.63, 3.8) is 0 Å². The fourth-order valence-corrected chi connectivity index (χ4v) is 3.59. The van der Waals surface area contributed by atoms with Crippen LogP contribution in [0.1, 0.15) is 33.0 Å². The first-order valence-corrected chi connectivity index (χ1v) is 10.8. The average Bonchev–Trinajstić information content (AvgIpc) is 2.73. The number of hydrogen-bond acceptors (Lipinski definition) is 2. The highest BCUT2D eigenvalue weighted by Gasteiger charge is 2.39. The molecule has 0 fully saturated rings. The van der Waals surface area contributed by atoms with E-state index >= 15 is 0 Å². The number of ketones is 1. The van der Waals surface area contributed by atoms with Gasteiger partial charge in [0.2, 0.25) is 0 Å². The van der Waals surface area contributed by atoms with Crippen LogP contribution in [0, 0.1) is 6.92 Å². The Morgan fingerprint density at radius 1 is 0.971 bits per heavy atom. The zero-order chi connectivity index (χ0) is 26.6. The molecule has 2 aromatic carbocycles. The number of halogens is 9. The molecule has 190 valence electrons. The van der Waals surface area contributed by atoms with Crippen molar-refractivity contribution < 1.29 is 35.9 Å². The fraction of sp³-hybridized carbons (Fsp3) is 0.273. The number of rotatable bonds is 7. The maximum absolute atomic E-state index is 13.7. The van der Waals surface area contributed by atoms with Crippen LogP contribution < -0.4 is 10.6 Å². The molecule has 2 rings (SSSR count). The molecule has 0 bridgehead atoms. The van der Waals surface area contributed by atoms with Gasteiger partial charge < -0.3 is 10.6 Å². The van der Waals surface area contributed by atoms with Crippen LogP contribution in [0.2, 0.25) is 15.1 Å². The average molecular weight is 562 g/mol. The second kappa shape index (κ2) is 11.5. The molecule has 0 aliphatic rings. The Hall–Kier alpha value is -2.43. The van der Waals surface area contributed by atoms with E-state index < -0.39 is 43.2 Å². The fourth-order valence-electron chi connectivity index (χ4n) is 2.97. The van der Waals surface area contributed by atoms with E-state index in [1.807, 2.05) is 5.32 Å². The van der Waals surface area contributed by atoms with E-state index in [0.29, 0.717) is 11.1 Å². The third kappa shape index (κ3) is 8.63. The molecule has 1 atom stereocenters. The zero-order valence-electron chi connectivity index (χ0n) is 17.8. The van der Waals surface area contributed by atoms with E-state index in [9.17, 15) is 35.9 Å². The van der Waals surface area contributed by atoms with E-state index in [4.69, 9.17) is 34.8 Å². The molecule has 0 aliphatic heterocycles. The first-order valence-electron chi connectivity index (χ1n) is 9.70. The summed E-state index contributed by atoms with van der Waals surface area (Å²) in [5.41, 5.74) is 0.652. The van der Waals surface area contributed by atoms with Gasteiger partial charge in [-0.1, -0.05) is 65.2 Å². The highest BCUT2D eigenvalue weighted by Crippen LogP contribution is 2.41. The predicted molar refractivity (Wildman–Crippen MR) is 122 cm³/mol. The zero-order valence-corrected chi connectivity index (χ0v) is 20.0. The SMILES string of the molecule is Cc1cc(/C=C/C(c2cc(Cl)c(Cl)c(Cl)c2)C(F)(F)F)ccc1C(=O)CNC(=O)NCC(F)(F)F. The number of alkyl halides is 6. The summed E-state index contributed by atoms with van der Waals surface area (Å²) < 4.78 is 77.3. The molecule has 0 aliphatic carbocycles. The van der Waals surface area contributed by atoms with Crippen molar-refractivity contribution in [2.45, 2.75) is 25.2 Å². The van der Waals surface area contributed by atoms with Gasteiger partial charge in [-0.25, -0.2) is 4.79 Å². The number of Topliss-reactive ketones (excluding diaryl/α,β-unsaturated/α-hetero) is 1. The summed E-state index contributed by atoms with van der Waals surface area (Å²) in [4.78, 5) is 23.7. The first-order chi connectivity index (χ1) is 16.1. The van der Waals surface area contributed by atoms with Crippen LogP contribution in [0.3, 0.4) is 0 Å². The summed E-state index contributed by atoms with van der Waals surface area (Å²) in [6.45, 7) is -0.608. The summed E-state index contributed by atoms with van der Waals surface area (Å²) in [7, 11) is 0. The molecule has 0 heterocycles. The second-order valence-electron chi connectivity index (χ2n) is 7.33. The Labute approximate surface area is 211 Å². The molecule has 0 spiro atoms. The summed E-state index contributed by atoms with van der Waals surface area (Å²) in [6.07, 6.45) is -7.16. The normalized spacial score (nSPS) is 13.1. The number of carbonyl (C=O) groups is 2. The van der Waals surface area contributed by atoms with E-state index in [1.165, 1.54) is 31.2 Å². The Balaban J connectivity index is 2.15. The second-order valence-corrected chi connectivity index (χ2v) is 8.52. The van der Waals surface area contributed by atoms with Gasteiger partial charge in [0.1, 0.15) is 6.54 Å². The summed E-state index contributed by atoms with van der Waals surface area (Å²) in [5, 5.41) is 3.26. The van der Waals surface area contributed by atoms with Crippen molar-refractivity contribution in [2.24, 2.45) is 0 Å². The number of benzene rings is 2. The number of hydrogen-bond donors (Lipinski definition) is 2. The Kier molecular flexibility index (Phi) is 9.49. The van der Waals surface area contributed by atoms with Gasteiger partial charge in [-0.2, -0.15) is 26.3 Å². The van der Waals surface area contributed by atoms with Gasteiger partial charge in [-0.05, 0) is 35.7 Å². The lowest BCUT2D eigenvalue weighted by Gasteiger charge is -2.18. The smallest absolute Gasteiger partial charge is 0.331 e. The van der Waals surface area contributed by atoms with Gasteiger partial charge in [0.15, 0.2) is 5.78 Å². The number of carbonyl (C=O) groups excluding carboxylic acids is 2. The van der Waals surface area contributed by atoms with Gasteiger partial charge >= 0.3 is 18.4 Å². The topological polar surface area (TPSA) is 58.2 Å². The molecule has 2 N–H and O–H groups in total. The lowest BCUT2D eigenvalue weighted by Crippen LogP contribution is -2.42. The molecule has 0 saturated carbocycles. The van der Waals surface area contributed by atoms with Gasteiger partial charge in [0.25, 0.3) is 0 Å². The Morgan fingerprint density at radius 3 is 2.09 bits per heavy atom. The lowest BCUT2D eigenvalue weighted by molar-refractivity contribution is -0.139. The van der Waals surface area contributed by atoms with Crippen molar-refractivity contribution in [2.75, 3.05) is 13.1 Å². The molecule has 2 aromatic rings. The lowest BCUT2D eigenvalue weighted by atomic mass is 9.96. The molecule has 4 nitrogen and oxygen atoms in total. The number of allylic oxidation sites excluding steroid dienone is 1. The molecule has 35 heavy (non-hydrogen) atoms. The van der Waals surface area contributed by atoms with Crippen LogP contribution in [0.5, 0.6) is 0 Å². The van der Waals surface area contributed by atoms with Crippen molar-refractivity contribution in [1.29, 1.82) is 0 Å². The number of nitrogens with one attached hydrogen (secondary N) is 2. The van der Waals surface area contributed by atoms with E-state index in [-0.39, 0.29) is 26.2 Å². The van der Waals surface area contributed by atoms with Gasteiger partial charge in [0.05, 0.1) is 27.5 Å². The van der Waals surface area contributed by atoms with E-state index in [2.05, 4.69) is 0 Å². The molecule has 13 heteroatoms. The molecule has 0 radical (unpaired) electrons. The monoisotopic (exact) mass is 560 g/mol. The molecular formula is C22H17Cl3F6N2O2. The highest BCUT2D eigenvalue weighted by atomic mass is 35.5. The largest absolute Gasteiger partial charge is 0.405 e. The minimum absolute atomic E-state index is 0.0646. The maximum atomic E-state index is 13.7. The molecule has 2 amide bonds. The summed E-state index contributed by atoms with van der Waals surface area (Å²) in [5.74, 6) is -2.64. The maximum Gasteiger partial charge on any atom is 0.405 e. The number of amides is 2. The van der Waals surface area contributed by atoms with E-state index in [0.717, 1.165) is 18.2 Å². The minimum Gasteiger partial charge on any atom is -0.331 e. The van der Waals surface area contributed by atoms with Crippen LogP contribution in [-0.4, -0.2) is 37.3 Å². The first kappa shape index (κ1) is 28.8. The quantitative estimate of drug-likeness (QED) is 0.211. The third-order valence-electron chi connectivity index (χ3n) is 4.61. The van der Waals surface area contributed by atoms with Crippen LogP contribution in [0.25, 0.3) is 6.08 Å². The van der Waals surface area contributed by atoms with Gasteiger partial charge in [-0.15, -0.1) is 0 Å². The Bertz CT molecular complexity index is 1110. The minimum atomic E-state index is -4.67. The van der Waals surface area contributed by atoms with Gasteiger partial charge in [0, 0.05) is 5.56 Å². The summed E-state index contributed by atoms with van der Waals surface area (Å²) in [6, 6.07) is 5.14. The molecule has 0 aromatic heterocycles. The highest BCUT2D eigenvalue weighted by molar-refractivity contribution is 6.48. The van der Waals surface area contributed by atoms with Crippen LogP contribution in [0.4, 0.5) is 31.1 Å². The standard InChI is InChI=1S/C22H17Cl3F6N2O2/c1-11-6-12(2-4-14(11)18(34)9-32-20(35)33-10-21(26,27)28)3-5-15(22(29,30)31)13-7-16(23)19(25)17(24)8-13/h2-8,15H,9-10H2,1H3,(H2,32,33,35)/b5-3+. The predicted octanol–water partition coefficient (Wildman–Crippen LogP) is 7.36. The van der Waals surface area contributed by atoms with Crippen molar-refractivity contribution in [3.05, 3.63) is 73.7 Å². The number of urea groups is 1. The Morgan fingerprint density at radius 2 is 1.57 bits per heavy atom. The summed E-state index contributed by atoms with van der Waals surface area (Å²) >= 11 is 17.5. The van der Waals surface area contributed by atoms with Crippen molar-refractivity contribution >= 4 is 52.7 Å².